The predicted octanol–water partition coefficient (Wildman–Crippen LogP) is 0.363. The van der Waals surface area contributed by atoms with Crippen LogP contribution in [0.1, 0.15) is 26.2 Å². The maximum absolute atomic E-state index is 11.5. The van der Waals surface area contributed by atoms with E-state index in [-0.39, 0.29) is 18.9 Å². The van der Waals surface area contributed by atoms with Crippen LogP contribution in [-0.4, -0.2) is 54.0 Å². The number of esters is 1. The van der Waals surface area contributed by atoms with Gasteiger partial charge in [-0.2, -0.15) is 0 Å². The second kappa shape index (κ2) is 12.5. The van der Waals surface area contributed by atoms with Gasteiger partial charge in [0.15, 0.2) is 0 Å². The molecule has 0 heterocycles. The molecule has 0 fully saturated rings. The van der Waals surface area contributed by atoms with E-state index >= 15 is 0 Å². The molecule has 6 heteroatoms. The third-order valence-electron chi connectivity index (χ3n) is 2.56. The largest absolute Gasteiger partial charge is 0.461 e. The zero-order valence-corrected chi connectivity index (χ0v) is 12.1. The van der Waals surface area contributed by atoms with Crippen molar-refractivity contribution in [3.63, 3.8) is 0 Å². The SMILES string of the molecule is CCCCCOC(=O)/C(N)=C\C=C\N(CCO)CCO. The van der Waals surface area contributed by atoms with Crippen LogP contribution in [-0.2, 0) is 9.53 Å². The van der Waals surface area contributed by atoms with E-state index in [0.29, 0.717) is 19.7 Å². The average Bonchev–Trinajstić information content (AvgIpc) is 2.43. The Balaban J connectivity index is 4.16. The standard InChI is InChI=1S/C14H26N2O4/c1-2-3-4-12-20-14(19)13(15)6-5-7-16(8-10-17)9-11-18/h5-7,17-18H,2-4,8-12,15H2,1H3/b7-5+,13-6+. The average molecular weight is 286 g/mol. The van der Waals surface area contributed by atoms with Crippen molar-refractivity contribution in [3.8, 4) is 0 Å². The van der Waals surface area contributed by atoms with Crippen LogP contribution in [0.4, 0.5) is 0 Å². The lowest BCUT2D eigenvalue weighted by molar-refractivity contribution is -0.139. The molecule has 0 bridgehead atoms. The Labute approximate surface area is 120 Å². The first-order chi connectivity index (χ1) is 9.65. The molecule has 116 valence electrons. The van der Waals surface area contributed by atoms with Gasteiger partial charge in [-0.25, -0.2) is 4.79 Å². The molecule has 0 unspecified atom stereocenters. The maximum atomic E-state index is 11.5. The highest BCUT2D eigenvalue weighted by Crippen LogP contribution is 1.98. The van der Waals surface area contributed by atoms with Crippen molar-refractivity contribution in [2.45, 2.75) is 26.2 Å². The number of nitrogens with zero attached hydrogens (tertiary/aromatic N) is 1. The molecule has 0 atom stereocenters. The van der Waals surface area contributed by atoms with E-state index in [0.717, 1.165) is 19.3 Å². The summed E-state index contributed by atoms with van der Waals surface area (Å²) in [5.41, 5.74) is 5.62. The topological polar surface area (TPSA) is 96.0 Å². The van der Waals surface area contributed by atoms with E-state index in [1.54, 1.807) is 17.2 Å². The molecule has 0 aromatic carbocycles. The summed E-state index contributed by atoms with van der Waals surface area (Å²) in [6.07, 6.45) is 7.62. The second-order valence-electron chi connectivity index (χ2n) is 4.29. The number of aliphatic hydroxyl groups excluding tert-OH is 2. The fourth-order valence-electron chi connectivity index (χ4n) is 1.45. The molecule has 20 heavy (non-hydrogen) atoms. The molecule has 4 N–H and O–H groups in total. The molecule has 0 aliphatic heterocycles. The highest BCUT2D eigenvalue weighted by molar-refractivity contribution is 5.87. The molecule has 0 saturated heterocycles. The van der Waals surface area contributed by atoms with Crippen LogP contribution >= 0.6 is 0 Å². The smallest absolute Gasteiger partial charge is 0.354 e. The van der Waals surface area contributed by atoms with Crippen LogP contribution < -0.4 is 5.73 Å². The lowest BCUT2D eigenvalue weighted by Gasteiger charge is -2.16. The minimum absolute atomic E-state index is 0.0109. The van der Waals surface area contributed by atoms with Gasteiger partial charge in [-0.3, -0.25) is 0 Å². The van der Waals surface area contributed by atoms with E-state index in [4.69, 9.17) is 20.7 Å². The van der Waals surface area contributed by atoms with Crippen molar-refractivity contribution in [2.75, 3.05) is 32.9 Å². The summed E-state index contributed by atoms with van der Waals surface area (Å²) in [6.45, 7) is 3.25. The first kappa shape index (κ1) is 18.5. The maximum Gasteiger partial charge on any atom is 0.354 e. The first-order valence-electron chi connectivity index (χ1n) is 6.92. The number of rotatable bonds is 11. The van der Waals surface area contributed by atoms with Crippen LogP contribution in [0.15, 0.2) is 24.0 Å². The number of unbranched alkanes of at least 4 members (excludes halogenated alkanes) is 2. The summed E-state index contributed by atoms with van der Waals surface area (Å²) in [5, 5.41) is 17.7. The zero-order chi connectivity index (χ0) is 15.2. The van der Waals surface area contributed by atoms with Crippen LogP contribution in [0.3, 0.4) is 0 Å². The van der Waals surface area contributed by atoms with Crippen LogP contribution in [0.2, 0.25) is 0 Å². The molecule has 0 saturated carbocycles. The molecule has 0 aromatic rings. The van der Waals surface area contributed by atoms with Crippen LogP contribution in [0.5, 0.6) is 0 Å². The van der Waals surface area contributed by atoms with Crippen molar-refractivity contribution in [1.29, 1.82) is 0 Å². The fraction of sp³-hybridized carbons (Fsp3) is 0.643. The Bertz CT molecular complexity index is 310. The van der Waals surface area contributed by atoms with Gasteiger partial charge in [0.05, 0.1) is 19.8 Å². The number of carbonyl (C=O) groups is 1. The van der Waals surface area contributed by atoms with Gasteiger partial charge in [0.1, 0.15) is 5.70 Å². The number of ether oxygens (including phenoxy) is 1. The van der Waals surface area contributed by atoms with Crippen molar-refractivity contribution >= 4 is 5.97 Å². The quantitative estimate of drug-likeness (QED) is 0.220. The van der Waals surface area contributed by atoms with Gasteiger partial charge >= 0.3 is 5.97 Å². The monoisotopic (exact) mass is 286 g/mol. The Kier molecular flexibility index (Phi) is 11.5. The van der Waals surface area contributed by atoms with E-state index in [1.807, 2.05) is 0 Å². The molecule has 0 aromatic heterocycles. The second-order valence-corrected chi connectivity index (χ2v) is 4.29. The lowest BCUT2D eigenvalue weighted by Crippen LogP contribution is -2.24. The molecular weight excluding hydrogens is 260 g/mol. The number of aliphatic hydroxyl groups is 2. The number of carbonyl (C=O) groups excluding carboxylic acids is 1. The molecule has 0 spiro atoms. The van der Waals surface area contributed by atoms with Gasteiger partial charge in [0, 0.05) is 13.1 Å². The van der Waals surface area contributed by atoms with Crippen LogP contribution in [0.25, 0.3) is 0 Å². The van der Waals surface area contributed by atoms with Crippen molar-refractivity contribution in [3.05, 3.63) is 24.0 Å². The minimum Gasteiger partial charge on any atom is -0.461 e. The Morgan fingerprint density at radius 2 is 1.90 bits per heavy atom. The Morgan fingerprint density at radius 3 is 2.45 bits per heavy atom. The molecule has 0 rings (SSSR count). The van der Waals surface area contributed by atoms with Gasteiger partial charge < -0.3 is 25.6 Å². The third kappa shape index (κ3) is 9.41. The van der Waals surface area contributed by atoms with Gasteiger partial charge in [-0.05, 0) is 24.8 Å². The molecule has 0 aliphatic rings. The summed E-state index contributed by atoms with van der Waals surface area (Å²) < 4.78 is 5.00. The highest BCUT2D eigenvalue weighted by atomic mass is 16.5. The highest BCUT2D eigenvalue weighted by Gasteiger charge is 2.04. The van der Waals surface area contributed by atoms with E-state index in [2.05, 4.69) is 6.92 Å². The Morgan fingerprint density at radius 1 is 1.25 bits per heavy atom. The number of nitrogens with two attached hydrogens (primary N) is 1. The number of allylic oxidation sites excluding steroid dienone is 2. The normalized spacial score (nSPS) is 11.8. The summed E-state index contributed by atoms with van der Waals surface area (Å²) in [7, 11) is 0. The summed E-state index contributed by atoms with van der Waals surface area (Å²) >= 11 is 0. The molecule has 6 nitrogen and oxygen atoms in total. The summed E-state index contributed by atoms with van der Waals surface area (Å²) in [4.78, 5) is 13.2. The van der Waals surface area contributed by atoms with E-state index < -0.39 is 5.97 Å². The lowest BCUT2D eigenvalue weighted by atomic mass is 10.3. The van der Waals surface area contributed by atoms with Crippen molar-refractivity contribution < 1.29 is 19.7 Å². The molecule has 0 amide bonds. The van der Waals surface area contributed by atoms with Crippen molar-refractivity contribution in [1.82, 2.24) is 4.90 Å². The third-order valence-corrected chi connectivity index (χ3v) is 2.56. The van der Waals surface area contributed by atoms with Crippen LogP contribution in [0, 0.1) is 0 Å². The Hall–Kier alpha value is -1.53. The van der Waals surface area contributed by atoms with Gasteiger partial charge in [-0.15, -0.1) is 0 Å². The molecular formula is C14H26N2O4. The van der Waals surface area contributed by atoms with E-state index in [9.17, 15) is 4.79 Å². The minimum atomic E-state index is -0.526. The molecule has 0 aliphatic carbocycles. The fourth-order valence-corrected chi connectivity index (χ4v) is 1.45. The van der Waals surface area contributed by atoms with E-state index in [1.165, 1.54) is 6.08 Å². The number of hydrogen-bond acceptors (Lipinski definition) is 6. The summed E-state index contributed by atoms with van der Waals surface area (Å²) in [6, 6.07) is 0. The molecule has 0 radical (unpaired) electrons. The van der Waals surface area contributed by atoms with Gasteiger partial charge in [-0.1, -0.05) is 19.8 Å². The van der Waals surface area contributed by atoms with Crippen molar-refractivity contribution in [2.24, 2.45) is 5.73 Å². The predicted molar refractivity (Wildman–Crippen MR) is 77.6 cm³/mol. The number of hydrogen-bond donors (Lipinski definition) is 3. The summed E-state index contributed by atoms with van der Waals surface area (Å²) in [5.74, 6) is -0.526. The first-order valence-corrected chi connectivity index (χ1v) is 6.92. The zero-order valence-electron chi connectivity index (χ0n) is 12.1. The van der Waals surface area contributed by atoms with Gasteiger partial charge in [0.2, 0.25) is 0 Å². The van der Waals surface area contributed by atoms with Gasteiger partial charge in [0.25, 0.3) is 0 Å².